The fourth-order valence-electron chi connectivity index (χ4n) is 1.51. The summed E-state index contributed by atoms with van der Waals surface area (Å²) >= 11 is 0. The van der Waals surface area contributed by atoms with Crippen molar-refractivity contribution in [3.05, 3.63) is 35.4 Å². The summed E-state index contributed by atoms with van der Waals surface area (Å²) in [5, 5.41) is 0. The molecule has 1 atom stereocenters. The van der Waals surface area contributed by atoms with E-state index >= 15 is 0 Å². The molecule has 0 fully saturated rings. The minimum Gasteiger partial charge on any atom is -0.481 e. The Labute approximate surface area is 84.4 Å². The summed E-state index contributed by atoms with van der Waals surface area (Å²) < 4.78 is 42.6. The molecule has 80 valence electrons. The second-order valence-corrected chi connectivity index (χ2v) is 3.19. The molecule has 0 amide bonds. The van der Waals surface area contributed by atoms with Gasteiger partial charge in [0.15, 0.2) is 6.40 Å². The van der Waals surface area contributed by atoms with Gasteiger partial charge in [-0.3, -0.25) is 0 Å². The van der Waals surface area contributed by atoms with Gasteiger partial charge in [-0.1, -0.05) is 18.2 Å². The van der Waals surface area contributed by atoms with Gasteiger partial charge in [-0.2, -0.15) is 13.2 Å². The maximum Gasteiger partial charge on any atom is 0.416 e. The minimum atomic E-state index is -4.34. The first-order valence-electron chi connectivity index (χ1n) is 4.38. The van der Waals surface area contributed by atoms with Crippen molar-refractivity contribution in [2.75, 3.05) is 6.61 Å². The molecular weight excluding hydrogens is 207 g/mol. The zero-order valence-corrected chi connectivity index (χ0v) is 7.66. The topological polar surface area (TPSA) is 21.6 Å². The van der Waals surface area contributed by atoms with Gasteiger partial charge >= 0.3 is 6.18 Å². The molecule has 1 heterocycles. The molecule has 0 saturated carbocycles. The number of alkyl halides is 3. The largest absolute Gasteiger partial charge is 0.481 e. The molecule has 1 aliphatic heterocycles. The lowest BCUT2D eigenvalue weighted by Crippen LogP contribution is -2.11. The van der Waals surface area contributed by atoms with Crippen molar-refractivity contribution in [1.29, 1.82) is 0 Å². The molecule has 0 N–H and O–H groups in total. The van der Waals surface area contributed by atoms with Crippen LogP contribution in [0.5, 0.6) is 0 Å². The summed E-state index contributed by atoms with van der Waals surface area (Å²) in [5.74, 6) is 0. The molecule has 2 rings (SSSR count). The number of nitrogens with zero attached hydrogens (tertiary/aromatic N) is 1. The Morgan fingerprint density at radius 2 is 2.00 bits per heavy atom. The van der Waals surface area contributed by atoms with Crippen molar-refractivity contribution in [2.45, 2.75) is 12.2 Å². The molecule has 5 heteroatoms. The number of rotatable bonds is 1. The van der Waals surface area contributed by atoms with Crippen molar-refractivity contribution in [3.8, 4) is 0 Å². The first-order chi connectivity index (χ1) is 7.09. The summed E-state index contributed by atoms with van der Waals surface area (Å²) in [6.07, 6.45) is -3.15. The van der Waals surface area contributed by atoms with Gasteiger partial charge in [0.25, 0.3) is 0 Å². The number of benzene rings is 1. The number of halogens is 3. The van der Waals surface area contributed by atoms with Gasteiger partial charge in [0, 0.05) is 0 Å². The summed E-state index contributed by atoms with van der Waals surface area (Å²) in [5.41, 5.74) is -0.476. The van der Waals surface area contributed by atoms with Crippen LogP contribution < -0.4 is 0 Å². The normalized spacial score (nSPS) is 20.3. The van der Waals surface area contributed by atoms with Crippen LogP contribution in [0.1, 0.15) is 17.2 Å². The summed E-state index contributed by atoms with van der Waals surface area (Å²) in [6.45, 7) is 0.174. The van der Waals surface area contributed by atoms with Crippen LogP contribution in [0.2, 0.25) is 0 Å². The standard InChI is InChI=1S/C10H8F3NO/c11-10(12,13)8-4-2-1-3-7(8)9-5-15-6-14-9/h1-4,6,9H,5H2. The van der Waals surface area contributed by atoms with Gasteiger partial charge in [-0.05, 0) is 11.6 Å². The molecule has 0 bridgehead atoms. The number of hydrogen-bond donors (Lipinski definition) is 0. The molecular formula is C10H8F3NO. The highest BCUT2D eigenvalue weighted by molar-refractivity contribution is 5.51. The van der Waals surface area contributed by atoms with E-state index in [9.17, 15) is 13.2 Å². The van der Waals surface area contributed by atoms with E-state index in [-0.39, 0.29) is 12.2 Å². The van der Waals surface area contributed by atoms with Gasteiger partial charge in [0.2, 0.25) is 0 Å². The van der Waals surface area contributed by atoms with E-state index in [4.69, 9.17) is 4.74 Å². The zero-order chi connectivity index (χ0) is 10.9. The fourth-order valence-corrected chi connectivity index (χ4v) is 1.51. The molecule has 0 spiro atoms. The van der Waals surface area contributed by atoms with Crippen LogP contribution in [-0.2, 0) is 10.9 Å². The second kappa shape index (κ2) is 3.56. The maximum atomic E-state index is 12.6. The predicted octanol–water partition coefficient (Wildman–Crippen LogP) is 2.81. The maximum absolute atomic E-state index is 12.6. The lowest BCUT2D eigenvalue weighted by molar-refractivity contribution is -0.138. The third kappa shape index (κ3) is 1.95. The van der Waals surface area contributed by atoms with Gasteiger partial charge < -0.3 is 4.74 Å². The minimum absolute atomic E-state index is 0.166. The van der Waals surface area contributed by atoms with Crippen LogP contribution in [0, 0.1) is 0 Å². The van der Waals surface area contributed by atoms with Crippen molar-refractivity contribution in [3.63, 3.8) is 0 Å². The third-order valence-electron chi connectivity index (χ3n) is 2.19. The highest BCUT2D eigenvalue weighted by atomic mass is 19.4. The summed E-state index contributed by atoms with van der Waals surface area (Å²) in [4.78, 5) is 3.83. The van der Waals surface area contributed by atoms with E-state index in [0.29, 0.717) is 0 Å². The Balaban J connectivity index is 2.42. The van der Waals surface area contributed by atoms with Gasteiger partial charge in [-0.25, -0.2) is 4.99 Å². The summed E-state index contributed by atoms with van der Waals surface area (Å²) in [7, 11) is 0. The molecule has 0 aliphatic carbocycles. The molecule has 0 radical (unpaired) electrons. The fraction of sp³-hybridized carbons (Fsp3) is 0.300. The lowest BCUT2D eigenvalue weighted by atomic mass is 10.0. The van der Waals surface area contributed by atoms with E-state index in [0.717, 1.165) is 6.07 Å². The number of hydrogen-bond acceptors (Lipinski definition) is 2. The molecule has 1 aliphatic rings. The first kappa shape index (κ1) is 10.0. The third-order valence-corrected chi connectivity index (χ3v) is 2.19. The quantitative estimate of drug-likeness (QED) is 0.705. The van der Waals surface area contributed by atoms with Crippen molar-refractivity contribution < 1.29 is 17.9 Å². The van der Waals surface area contributed by atoms with Crippen molar-refractivity contribution in [1.82, 2.24) is 0 Å². The molecule has 1 aromatic rings. The highest BCUT2D eigenvalue weighted by Crippen LogP contribution is 2.36. The lowest BCUT2D eigenvalue weighted by Gasteiger charge is -2.14. The Kier molecular flexibility index (Phi) is 2.38. The van der Waals surface area contributed by atoms with Gasteiger partial charge in [0.05, 0.1) is 5.56 Å². The van der Waals surface area contributed by atoms with Crippen molar-refractivity contribution >= 4 is 6.40 Å². The average molecular weight is 215 g/mol. The highest BCUT2D eigenvalue weighted by Gasteiger charge is 2.35. The Morgan fingerprint density at radius 3 is 2.60 bits per heavy atom. The van der Waals surface area contributed by atoms with Crippen LogP contribution in [0.15, 0.2) is 29.3 Å². The molecule has 2 nitrogen and oxygen atoms in total. The van der Waals surface area contributed by atoms with Crippen LogP contribution in [0.3, 0.4) is 0 Å². The molecule has 15 heavy (non-hydrogen) atoms. The second-order valence-electron chi connectivity index (χ2n) is 3.19. The number of aliphatic imine (C=N–C) groups is 1. The van der Waals surface area contributed by atoms with Gasteiger partial charge in [-0.15, -0.1) is 0 Å². The summed E-state index contributed by atoms with van der Waals surface area (Å²) in [6, 6.07) is 4.88. The first-order valence-corrected chi connectivity index (χ1v) is 4.38. The van der Waals surface area contributed by atoms with E-state index in [1.165, 1.54) is 18.5 Å². The smallest absolute Gasteiger partial charge is 0.416 e. The zero-order valence-electron chi connectivity index (χ0n) is 7.66. The number of ether oxygens (including phenoxy) is 1. The molecule has 1 unspecified atom stereocenters. The van der Waals surface area contributed by atoms with Gasteiger partial charge in [0.1, 0.15) is 12.6 Å². The Bertz CT molecular complexity index is 386. The van der Waals surface area contributed by atoms with Crippen LogP contribution >= 0.6 is 0 Å². The predicted molar refractivity (Wildman–Crippen MR) is 48.6 cm³/mol. The molecule has 0 aromatic heterocycles. The van der Waals surface area contributed by atoms with Crippen LogP contribution in [0.4, 0.5) is 13.2 Å². The Hall–Kier alpha value is -1.52. The van der Waals surface area contributed by atoms with Crippen LogP contribution in [-0.4, -0.2) is 13.0 Å². The van der Waals surface area contributed by atoms with E-state index < -0.39 is 17.8 Å². The molecule has 0 saturated heterocycles. The van der Waals surface area contributed by atoms with E-state index in [2.05, 4.69) is 4.99 Å². The monoisotopic (exact) mass is 215 g/mol. The van der Waals surface area contributed by atoms with Crippen molar-refractivity contribution in [2.24, 2.45) is 4.99 Å². The SMILES string of the molecule is FC(F)(F)c1ccccc1C1COC=N1. The molecule has 1 aromatic carbocycles. The average Bonchev–Trinajstić information content (AvgIpc) is 2.69. The van der Waals surface area contributed by atoms with E-state index in [1.807, 2.05) is 0 Å². The van der Waals surface area contributed by atoms with E-state index in [1.54, 1.807) is 6.07 Å². The Morgan fingerprint density at radius 1 is 1.27 bits per heavy atom. The van der Waals surface area contributed by atoms with Crippen LogP contribution in [0.25, 0.3) is 0 Å².